The molecule has 0 unspecified atom stereocenters. The Morgan fingerprint density at radius 1 is 0.812 bits per heavy atom. The fourth-order valence-electron chi connectivity index (χ4n) is 3.76. The molecule has 2 atom stereocenters. The number of rotatable bonds is 3. The molecule has 4 N–H and O–H groups in total. The predicted octanol–water partition coefficient (Wildman–Crippen LogP) is 3.45. The van der Waals surface area contributed by atoms with E-state index in [9.17, 15) is 25.2 Å². The second-order valence-electron chi connectivity index (χ2n) is 7.44. The van der Waals surface area contributed by atoms with E-state index < -0.39 is 17.6 Å². The Hall–Kier alpha value is -4.17. The Kier molecular flexibility index (Phi) is 4.64. The van der Waals surface area contributed by atoms with Gasteiger partial charge in [-0.05, 0) is 35.9 Å². The Bertz CT molecular complexity index is 1370. The molecule has 0 fully saturated rings. The highest BCUT2D eigenvalue weighted by Crippen LogP contribution is 2.42. The summed E-state index contributed by atoms with van der Waals surface area (Å²) < 4.78 is 17.8. The van der Waals surface area contributed by atoms with Gasteiger partial charge in [0, 0.05) is 23.8 Å². The monoisotopic (exact) mass is 434 g/mol. The van der Waals surface area contributed by atoms with Crippen molar-refractivity contribution in [3.8, 4) is 40.1 Å². The van der Waals surface area contributed by atoms with Crippen molar-refractivity contribution >= 4 is 11.0 Å². The van der Waals surface area contributed by atoms with Crippen molar-refractivity contribution in [2.24, 2.45) is 0 Å². The van der Waals surface area contributed by atoms with Crippen LogP contribution in [0.4, 0.5) is 0 Å². The van der Waals surface area contributed by atoms with Gasteiger partial charge in [-0.3, -0.25) is 4.79 Å². The average Bonchev–Trinajstić information content (AvgIpc) is 2.77. The zero-order chi connectivity index (χ0) is 22.4. The molecule has 2 heterocycles. The van der Waals surface area contributed by atoms with Crippen molar-refractivity contribution in [2.75, 3.05) is 6.61 Å². The van der Waals surface area contributed by atoms with Crippen molar-refractivity contribution in [3.05, 3.63) is 76.5 Å². The quantitative estimate of drug-likeness (QED) is 0.386. The minimum absolute atomic E-state index is 0.0267. The largest absolute Gasteiger partial charge is 0.508 e. The van der Waals surface area contributed by atoms with Gasteiger partial charge in [0.05, 0.1) is 6.61 Å². The van der Waals surface area contributed by atoms with E-state index in [0.717, 1.165) is 11.6 Å². The van der Waals surface area contributed by atoms with Gasteiger partial charge in [0.1, 0.15) is 34.0 Å². The lowest BCUT2D eigenvalue weighted by atomic mass is 10.0. The molecule has 8 heteroatoms. The van der Waals surface area contributed by atoms with Crippen LogP contribution in [0.3, 0.4) is 0 Å². The topological polar surface area (TPSA) is 130 Å². The highest BCUT2D eigenvalue weighted by Gasteiger charge is 2.33. The van der Waals surface area contributed by atoms with Crippen molar-refractivity contribution in [1.29, 1.82) is 0 Å². The molecule has 1 aliphatic rings. The zero-order valence-corrected chi connectivity index (χ0v) is 16.6. The van der Waals surface area contributed by atoms with Crippen LogP contribution in [0.1, 0.15) is 11.7 Å². The molecule has 0 amide bonds. The Morgan fingerprint density at radius 3 is 2.34 bits per heavy atom. The van der Waals surface area contributed by atoms with Gasteiger partial charge < -0.3 is 34.3 Å². The van der Waals surface area contributed by atoms with Crippen LogP contribution in [0.2, 0.25) is 0 Å². The fraction of sp³-hybridized carbons (Fsp3) is 0.125. The molecule has 4 aromatic rings. The summed E-state index contributed by atoms with van der Waals surface area (Å²) in [5, 5.41) is 39.0. The van der Waals surface area contributed by atoms with E-state index in [-0.39, 0.29) is 40.6 Å². The minimum atomic E-state index is -0.695. The van der Waals surface area contributed by atoms with Crippen LogP contribution in [0.15, 0.2) is 69.9 Å². The molecule has 3 aromatic carbocycles. The summed E-state index contributed by atoms with van der Waals surface area (Å²) in [6.45, 7) is -0.307. The highest BCUT2D eigenvalue weighted by molar-refractivity contribution is 5.86. The van der Waals surface area contributed by atoms with Crippen LogP contribution >= 0.6 is 0 Å². The molecule has 1 aliphatic heterocycles. The number of aliphatic hydroxyl groups excluding tert-OH is 1. The molecule has 0 bridgehead atoms. The molecule has 1 aromatic heterocycles. The molecule has 0 spiro atoms. The lowest BCUT2D eigenvalue weighted by molar-refractivity contribution is -0.0122. The number of ether oxygens (including phenoxy) is 2. The maximum absolute atomic E-state index is 12.5. The van der Waals surface area contributed by atoms with Gasteiger partial charge in [-0.25, -0.2) is 0 Å². The summed E-state index contributed by atoms with van der Waals surface area (Å²) in [5.41, 5.74) is 0.820. The Morgan fingerprint density at radius 2 is 1.59 bits per heavy atom. The first-order valence-electron chi connectivity index (χ1n) is 9.80. The van der Waals surface area contributed by atoms with E-state index in [1.54, 1.807) is 30.3 Å². The summed E-state index contributed by atoms with van der Waals surface area (Å²) >= 11 is 0. The second kappa shape index (κ2) is 7.51. The molecule has 0 aliphatic carbocycles. The first-order valence-corrected chi connectivity index (χ1v) is 9.80. The van der Waals surface area contributed by atoms with Crippen LogP contribution in [-0.4, -0.2) is 33.1 Å². The zero-order valence-electron chi connectivity index (χ0n) is 16.6. The number of benzene rings is 3. The highest BCUT2D eigenvalue weighted by atomic mass is 16.6. The van der Waals surface area contributed by atoms with Crippen molar-refractivity contribution in [3.63, 3.8) is 0 Å². The normalized spacial score (nSPS) is 17.4. The van der Waals surface area contributed by atoms with Crippen LogP contribution in [0, 0.1) is 0 Å². The first kappa shape index (κ1) is 19.8. The lowest BCUT2D eigenvalue weighted by Gasteiger charge is -2.33. The summed E-state index contributed by atoms with van der Waals surface area (Å²) in [7, 11) is 0. The van der Waals surface area contributed by atoms with Gasteiger partial charge in [-0.2, -0.15) is 0 Å². The molecular weight excluding hydrogens is 416 g/mol. The van der Waals surface area contributed by atoms with Gasteiger partial charge >= 0.3 is 0 Å². The lowest BCUT2D eigenvalue weighted by Crippen LogP contribution is -2.36. The Balaban J connectivity index is 1.54. The minimum Gasteiger partial charge on any atom is -0.508 e. The molecule has 162 valence electrons. The Labute approximate surface area is 181 Å². The van der Waals surface area contributed by atoms with E-state index in [4.69, 9.17) is 13.9 Å². The summed E-state index contributed by atoms with van der Waals surface area (Å²) in [6, 6.07) is 15.0. The molecule has 5 rings (SSSR count). The standard InChI is InChI=1S/C24H18O8/c25-11-22-24(12-1-4-14(26)5-2-12)32-18-6-3-13(7-20(18)31-22)19-10-17(29)23-16(28)8-15(27)9-21(23)30-19/h1-10,22,24-28H,11H2/t22-,24-/m0/s1. The van der Waals surface area contributed by atoms with Crippen molar-refractivity contribution < 1.29 is 34.3 Å². The third-order valence-corrected chi connectivity index (χ3v) is 5.29. The molecule has 0 radical (unpaired) electrons. The van der Waals surface area contributed by atoms with E-state index in [1.807, 2.05) is 0 Å². The smallest absolute Gasteiger partial charge is 0.197 e. The second-order valence-corrected chi connectivity index (χ2v) is 7.44. The number of hydrogen-bond donors (Lipinski definition) is 4. The maximum atomic E-state index is 12.5. The van der Waals surface area contributed by atoms with Gasteiger partial charge in [0.15, 0.2) is 29.1 Å². The van der Waals surface area contributed by atoms with E-state index in [2.05, 4.69) is 0 Å². The van der Waals surface area contributed by atoms with Crippen molar-refractivity contribution in [2.45, 2.75) is 12.2 Å². The molecular formula is C24H18O8. The SMILES string of the molecule is O=c1cc(-c2ccc3c(c2)O[C@@H](CO)[C@H](c2ccc(O)cc2)O3)oc2cc(O)cc(O)c12. The number of phenolic OH excluding ortho intramolecular Hbond substituents is 3. The van der Waals surface area contributed by atoms with Gasteiger partial charge in [-0.15, -0.1) is 0 Å². The summed E-state index contributed by atoms with van der Waals surface area (Å²) in [5.74, 6) is 0.528. The van der Waals surface area contributed by atoms with Crippen LogP contribution in [0.5, 0.6) is 28.7 Å². The molecule has 32 heavy (non-hydrogen) atoms. The third kappa shape index (κ3) is 3.36. The van der Waals surface area contributed by atoms with Gasteiger partial charge in [0.2, 0.25) is 0 Å². The van der Waals surface area contributed by atoms with Crippen LogP contribution in [0.25, 0.3) is 22.3 Å². The van der Waals surface area contributed by atoms with E-state index in [0.29, 0.717) is 17.1 Å². The predicted molar refractivity (Wildman–Crippen MR) is 114 cm³/mol. The van der Waals surface area contributed by atoms with E-state index in [1.165, 1.54) is 24.3 Å². The number of fused-ring (bicyclic) bond motifs is 2. The van der Waals surface area contributed by atoms with E-state index >= 15 is 0 Å². The fourth-order valence-corrected chi connectivity index (χ4v) is 3.76. The first-order chi connectivity index (χ1) is 15.4. The molecule has 8 nitrogen and oxygen atoms in total. The maximum Gasteiger partial charge on any atom is 0.197 e. The number of aromatic hydroxyl groups is 3. The van der Waals surface area contributed by atoms with Crippen LogP contribution in [-0.2, 0) is 0 Å². The molecule has 0 saturated carbocycles. The number of aliphatic hydroxyl groups is 1. The van der Waals surface area contributed by atoms with Crippen molar-refractivity contribution in [1.82, 2.24) is 0 Å². The van der Waals surface area contributed by atoms with Gasteiger partial charge in [0.25, 0.3) is 0 Å². The van der Waals surface area contributed by atoms with Gasteiger partial charge in [-0.1, -0.05) is 12.1 Å². The average molecular weight is 434 g/mol. The molecule has 0 saturated heterocycles. The number of hydrogen-bond acceptors (Lipinski definition) is 8. The summed E-state index contributed by atoms with van der Waals surface area (Å²) in [4.78, 5) is 12.5. The summed E-state index contributed by atoms with van der Waals surface area (Å²) in [6.07, 6.45) is -1.27. The van der Waals surface area contributed by atoms with Crippen LogP contribution < -0.4 is 14.9 Å². The third-order valence-electron chi connectivity index (χ3n) is 5.29. The number of phenols is 3.